The summed E-state index contributed by atoms with van der Waals surface area (Å²) in [6.07, 6.45) is 1.43. The number of rotatable bonds is 4. The second-order valence-electron chi connectivity index (χ2n) is 6.71. The maximum absolute atomic E-state index is 14.0. The van der Waals surface area contributed by atoms with Gasteiger partial charge in [-0.3, -0.25) is 4.79 Å². The molecule has 3 aromatic rings. The molecule has 2 aromatic carbocycles. The number of methoxy groups -OCH3 is 2. The molecule has 0 spiro atoms. The van der Waals surface area contributed by atoms with Crippen molar-refractivity contribution in [2.45, 2.75) is 0 Å². The number of hydrogen-bond donors (Lipinski definition) is 0. The third kappa shape index (κ3) is 3.65. The van der Waals surface area contributed by atoms with Crippen LogP contribution in [0.5, 0.6) is 11.5 Å². The zero-order chi connectivity index (χ0) is 20.4. The van der Waals surface area contributed by atoms with Crippen molar-refractivity contribution in [2.24, 2.45) is 0 Å². The van der Waals surface area contributed by atoms with Gasteiger partial charge in [-0.05, 0) is 30.3 Å². The monoisotopic (exact) mass is 396 g/mol. The molecule has 8 heteroatoms. The van der Waals surface area contributed by atoms with Crippen LogP contribution in [0.4, 0.5) is 10.2 Å². The van der Waals surface area contributed by atoms with Crippen molar-refractivity contribution in [3.8, 4) is 11.5 Å². The summed E-state index contributed by atoms with van der Waals surface area (Å²) >= 11 is 0. The molecule has 0 bridgehead atoms. The zero-order valence-electron chi connectivity index (χ0n) is 16.3. The van der Waals surface area contributed by atoms with Gasteiger partial charge >= 0.3 is 0 Å². The fourth-order valence-corrected chi connectivity index (χ4v) is 3.49. The van der Waals surface area contributed by atoms with E-state index in [1.165, 1.54) is 19.5 Å². The molecule has 150 valence electrons. The molecule has 1 amide bonds. The summed E-state index contributed by atoms with van der Waals surface area (Å²) in [5.74, 6) is 1.11. The summed E-state index contributed by atoms with van der Waals surface area (Å²) in [5.41, 5.74) is 1.15. The molecule has 0 N–H and O–H groups in total. The van der Waals surface area contributed by atoms with Crippen molar-refractivity contribution in [3.05, 3.63) is 54.1 Å². The van der Waals surface area contributed by atoms with Gasteiger partial charge in [-0.15, -0.1) is 0 Å². The lowest BCUT2D eigenvalue weighted by atomic mass is 10.1. The number of carbonyl (C=O) groups is 1. The van der Waals surface area contributed by atoms with Crippen LogP contribution in [0.1, 0.15) is 10.4 Å². The third-order valence-electron chi connectivity index (χ3n) is 5.09. The molecule has 1 aliphatic heterocycles. The highest BCUT2D eigenvalue weighted by Gasteiger charge is 2.24. The Morgan fingerprint density at radius 3 is 2.38 bits per heavy atom. The number of nitrogens with zero attached hydrogens (tertiary/aromatic N) is 4. The standard InChI is InChI=1S/C21H21FN4O3/c1-28-15-5-3-14(4-6-15)21(27)26-9-7-25(8-10-26)20-16-11-19(29-2)17(22)12-18(16)23-13-24-20/h3-6,11-13H,7-10H2,1-2H3. The molecule has 0 aliphatic carbocycles. The Hall–Kier alpha value is -3.42. The van der Waals surface area contributed by atoms with Crippen LogP contribution < -0.4 is 14.4 Å². The van der Waals surface area contributed by atoms with E-state index in [-0.39, 0.29) is 11.7 Å². The largest absolute Gasteiger partial charge is 0.497 e. The van der Waals surface area contributed by atoms with Gasteiger partial charge in [0.05, 0.1) is 19.7 Å². The molecule has 0 atom stereocenters. The molecule has 0 unspecified atom stereocenters. The normalized spacial score (nSPS) is 14.2. The predicted molar refractivity (Wildman–Crippen MR) is 107 cm³/mol. The molecule has 2 heterocycles. The first-order valence-corrected chi connectivity index (χ1v) is 9.27. The van der Waals surface area contributed by atoms with Crippen LogP contribution >= 0.6 is 0 Å². The number of benzene rings is 2. The van der Waals surface area contributed by atoms with E-state index in [0.717, 1.165) is 5.39 Å². The van der Waals surface area contributed by atoms with E-state index in [0.29, 0.717) is 48.8 Å². The first kappa shape index (κ1) is 18.9. The molecule has 1 saturated heterocycles. The summed E-state index contributed by atoms with van der Waals surface area (Å²) in [6, 6.07) is 10.1. The highest BCUT2D eigenvalue weighted by atomic mass is 19.1. The molecule has 7 nitrogen and oxygen atoms in total. The predicted octanol–water partition coefficient (Wildman–Crippen LogP) is 2.75. The SMILES string of the molecule is COc1ccc(C(=O)N2CCN(c3ncnc4cc(F)c(OC)cc34)CC2)cc1. The lowest BCUT2D eigenvalue weighted by Crippen LogP contribution is -2.49. The average Bonchev–Trinajstić information content (AvgIpc) is 2.78. The van der Waals surface area contributed by atoms with Gasteiger partial charge in [-0.1, -0.05) is 0 Å². The Morgan fingerprint density at radius 2 is 1.72 bits per heavy atom. The van der Waals surface area contributed by atoms with Crippen LogP contribution in [0.3, 0.4) is 0 Å². The quantitative estimate of drug-likeness (QED) is 0.676. The maximum atomic E-state index is 14.0. The van der Waals surface area contributed by atoms with E-state index >= 15 is 0 Å². The Morgan fingerprint density at radius 1 is 1.00 bits per heavy atom. The third-order valence-corrected chi connectivity index (χ3v) is 5.09. The summed E-state index contributed by atoms with van der Waals surface area (Å²) in [5, 5.41) is 0.723. The Labute approximate surface area is 167 Å². The highest BCUT2D eigenvalue weighted by molar-refractivity contribution is 5.95. The van der Waals surface area contributed by atoms with Crippen molar-refractivity contribution in [3.63, 3.8) is 0 Å². The van der Waals surface area contributed by atoms with Crippen LogP contribution in [0, 0.1) is 5.82 Å². The molecule has 0 saturated carbocycles. The summed E-state index contributed by atoms with van der Waals surface area (Å²) in [7, 11) is 3.02. The number of anilines is 1. The minimum atomic E-state index is -0.459. The van der Waals surface area contributed by atoms with Gasteiger partial charge in [0.2, 0.25) is 0 Å². The summed E-state index contributed by atoms with van der Waals surface area (Å²) in [4.78, 5) is 25.2. The number of amides is 1. The van der Waals surface area contributed by atoms with E-state index in [9.17, 15) is 9.18 Å². The molecular weight excluding hydrogens is 375 g/mol. The van der Waals surface area contributed by atoms with Crippen molar-refractivity contribution in [1.29, 1.82) is 0 Å². The first-order chi connectivity index (χ1) is 14.1. The molecule has 0 radical (unpaired) electrons. The van der Waals surface area contributed by atoms with Gasteiger partial charge in [0, 0.05) is 43.2 Å². The van der Waals surface area contributed by atoms with Crippen LogP contribution in [0.15, 0.2) is 42.7 Å². The first-order valence-electron chi connectivity index (χ1n) is 9.27. The number of ether oxygens (including phenoxy) is 2. The second-order valence-corrected chi connectivity index (χ2v) is 6.71. The topological polar surface area (TPSA) is 67.8 Å². The van der Waals surface area contributed by atoms with Crippen molar-refractivity contribution >= 4 is 22.6 Å². The smallest absolute Gasteiger partial charge is 0.253 e. The van der Waals surface area contributed by atoms with E-state index in [4.69, 9.17) is 9.47 Å². The van der Waals surface area contributed by atoms with Crippen LogP contribution in [0.2, 0.25) is 0 Å². The lowest BCUT2D eigenvalue weighted by molar-refractivity contribution is 0.0746. The van der Waals surface area contributed by atoms with Crippen LogP contribution in [0.25, 0.3) is 10.9 Å². The number of carbonyl (C=O) groups excluding carboxylic acids is 1. The van der Waals surface area contributed by atoms with Crippen LogP contribution in [-0.2, 0) is 0 Å². The molecular formula is C21H21FN4O3. The van der Waals surface area contributed by atoms with Gasteiger partial charge in [0.1, 0.15) is 17.9 Å². The van der Waals surface area contributed by atoms with Crippen molar-refractivity contribution in [2.75, 3.05) is 45.3 Å². The number of hydrogen-bond acceptors (Lipinski definition) is 6. The van der Waals surface area contributed by atoms with E-state index < -0.39 is 5.82 Å². The highest BCUT2D eigenvalue weighted by Crippen LogP contribution is 2.30. The number of piperazine rings is 1. The van der Waals surface area contributed by atoms with E-state index in [2.05, 4.69) is 14.9 Å². The molecule has 29 heavy (non-hydrogen) atoms. The number of aromatic nitrogens is 2. The van der Waals surface area contributed by atoms with Crippen molar-refractivity contribution in [1.82, 2.24) is 14.9 Å². The average molecular weight is 396 g/mol. The van der Waals surface area contributed by atoms with E-state index in [1.807, 2.05) is 4.90 Å². The summed E-state index contributed by atoms with van der Waals surface area (Å²) in [6.45, 7) is 2.37. The van der Waals surface area contributed by atoms with Crippen molar-refractivity contribution < 1.29 is 18.7 Å². The lowest BCUT2D eigenvalue weighted by Gasteiger charge is -2.35. The fourth-order valence-electron chi connectivity index (χ4n) is 3.49. The molecule has 1 aromatic heterocycles. The Balaban J connectivity index is 1.51. The minimum Gasteiger partial charge on any atom is -0.497 e. The number of halogens is 1. The van der Waals surface area contributed by atoms with Gasteiger partial charge in [-0.2, -0.15) is 0 Å². The Kier molecular flexibility index (Phi) is 5.16. The zero-order valence-corrected chi connectivity index (χ0v) is 16.3. The number of fused-ring (bicyclic) bond motifs is 1. The van der Waals surface area contributed by atoms with Gasteiger partial charge in [0.15, 0.2) is 11.6 Å². The van der Waals surface area contributed by atoms with Gasteiger partial charge < -0.3 is 19.3 Å². The second kappa shape index (κ2) is 7.90. The minimum absolute atomic E-state index is 0.0106. The molecule has 4 rings (SSSR count). The summed E-state index contributed by atoms with van der Waals surface area (Å²) < 4.78 is 24.2. The molecule has 1 aliphatic rings. The van der Waals surface area contributed by atoms with Gasteiger partial charge in [0.25, 0.3) is 5.91 Å². The molecule has 1 fully saturated rings. The van der Waals surface area contributed by atoms with Gasteiger partial charge in [-0.25, -0.2) is 14.4 Å². The van der Waals surface area contributed by atoms with E-state index in [1.54, 1.807) is 37.4 Å². The van der Waals surface area contributed by atoms with Crippen LogP contribution in [-0.4, -0.2) is 61.2 Å². The maximum Gasteiger partial charge on any atom is 0.253 e. The Bertz CT molecular complexity index is 1030. The fraction of sp³-hybridized carbons (Fsp3) is 0.286.